The van der Waals surface area contributed by atoms with Gasteiger partial charge in [-0.3, -0.25) is 14.6 Å². The zero-order valence-corrected chi connectivity index (χ0v) is 16.2. The van der Waals surface area contributed by atoms with Crippen molar-refractivity contribution < 1.29 is 9.59 Å². The summed E-state index contributed by atoms with van der Waals surface area (Å²) < 4.78 is 0. The number of nitrogens with zero attached hydrogens (tertiary/aromatic N) is 3. The van der Waals surface area contributed by atoms with Crippen molar-refractivity contribution in [2.75, 3.05) is 26.2 Å². The van der Waals surface area contributed by atoms with Crippen LogP contribution in [0.4, 0.5) is 0 Å². The summed E-state index contributed by atoms with van der Waals surface area (Å²) in [7, 11) is 0. The first-order valence-corrected chi connectivity index (χ1v) is 10.5. The van der Waals surface area contributed by atoms with Crippen LogP contribution in [0, 0.1) is 30.1 Å². The molecule has 0 spiro atoms. The number of carbonyl (C=O) groups is 2. The van der Waals surface area contributed by atoms with E-state index in [0.29, 0.717) is 37.6 Å². The highest BCUT2D eigenvalue weighted by Gasteiger charge is 2.55. The van der Waals surface area contributed by atoms with E-state index in [2.05, 4.69) is 9.88 Å². The standard InChI is InChI=1S/C22H29N3O2/c1-15-2-3-19(14-23-15)20(26)24-4-6-25(7-5-24)21(27)22-11-16-8-17(12-22)10-18(9-16)13-22/h2-3,14,16-18H,4-13H2,1H3. The topological polar surface area (TPSA) is 53.5 Å². The Bertz CT molecular complexity index is 714. The Morgan fingerprint density at radius 2 is 1.48 bits per heavy atom. The van der Waals surface area contributed by atoms with Crippen molar-refractivity contribution in [3.8, 4) is 0 Å². The van der Waals surface area contributed by atoms with Crippen LogP contribution in [-0.2, 0) is 4.79 Å². The molecule has 5 fully saturated rings. The average Bonchev–Trinajstić information content (AvgIpc) is 2.66. The van der Waals surface area contributed by atoms with E-state index in [1.54, 1.807) is 6.20 Å². The lowest BCUT2D eigenvalue weighted by atomic mass is 9.49. The van der Waals surface area contributed by atoms with Crippen molar-refractivity contribution in [1.29, 1.82) is 0 Å². The van der Waals surface area contributed by atoms with Crippen LogP contribution in [0.25, 0.3) is 0 Å². The first-order valence-electron chi connectivity index (χ1n) is 10.5. The molecule has 0 atom stereocenters. The SMILES string of the molecule is Cc1ccc(C(=O)N2CCN(C(=O)C34CC5CC(CC(C5)C3)C4)CC2)cn1. The Morgan fingerprint density at radius 3 is 2.00 bits per heavy atom. The minimum absolute atomic E-state index is 0.0319. The van der Waals surface area contributed by atoms with E-state index >= 15 is 0 Å². The third-order valence-electron chi connectivity index (χ3n) is 7.50. The number of amides is 2. The third kappa shape index (κ3) is 2.95. The predicted octanol–water partition coefficient (Wildman–Crippen LogP) is 2.89. The number of aromatic nitrogens is 1. The Kier molecular flexibility index (Phi) is 4.03. The lowest BCUT2D eigenvalue weighted by Gasteiger charge is -2.57. The van der Waals surface area contributed by atoms with Crippen molar-refractivity contribution in [1.82, 2.24) is 14.8 Å². The lowest BCUT2D eigenvalue weighted by molar-refractivity contribution is -0.159. The van der Waals surface area contributed by atoms with Crippen LogP contribution in [0.1, 0.15) is 54.6 Å². The molecule has 0 radical (unpaired) electrons. The summed E-state index contributed by atoms with van der Waals surface area (Å²) in [6, 6.07) is 3.72. The Balaban J connectivity index is 1.24. The second kappa shape index (κ2) is 6.32. The molecule has 2 heterocycles. The Morgan fingerprint density at radius 1 is 0.926 bits per heavy atom. The van der Waals surface area contributed by atoms with Gasteiger partial charge >= 0.3 is 0 Å². The molecule has 144 valence electrons. The Hall–Kier alpha value is -1.91. The van der Waals surface area contributed by atoms with Gasteiger partial charge in [-0.25, -0.2) is 0 Å². The molecule has 5 nitrogen and oxygen atoms in total. The fraction of sp³-hybridized carbons (Fsp3) is 0.682. The van der Waals surface area contributed by atoms with Crippen LogP contribution < -0.4 is 0 Å². The molecule has 0 N–H and O–H groups in total. The fourth-order valence-electron chi connectivity index (χ4n) is 6.60. The van der Waals surface area contributed by atoms with Gasteiger partial charge in [0.15, 0.2) is 0 Å². The molecule has 5 aliphatic rings. The lowest BCUT2D eigenvalue weighted by Crippen LogP contribution is -2.58. The highest BCUT2D eigenvalue weighted by Crippen LogP contribution is 2.60. The third-order valence-corrected chi connectivity index (χ3v) is 7.50. The zero-order chi connectivity index (χ0) is 18.6. The normalized spacial score (nSPS) is 34.8. The van der Waals surface area contributed by atoms with Crippen LogP contribution in [0.5, 0.6) is 0 Å². The van der Waals surface area contributed by atoms with Gasteiger partial charge in [0.25, 0.3) is 5.91 Å². The summed E-state index contributed by atoms with van der Waals surface area (Å²) in [6.45, 7) is 4.52. The highest BCUT2D eigenvalue weighted by molar-refractivity contribution is 5.94. The number of rotatable bonds is 2. The number of aryl methyl sites for hydroxylation is 1. The van der Waals surface area contributed by atoms with Crippen LogP contribution in [-0.4, -0.2) is 52.8 Å². The van der Waals surface area contributed by atoms with Gasteiger partial charge in [-0.2, -0.15) is 0 Å². The number of pyridine rings is 1. The largest absolute Gasteiger partial charge is 0.339 e. The summed E-state index contributed by atoms with van der Waals surface area (Å²) in [4.78, 5) is 34.3. The van der Waals surface area contributed by atoms with Crippen molar-refractivity contribution in [3.05, 3.63) is 29.6 Å². The van der Waals surface area contributed by atoms with Gasteiger partial charge in [0.1, 0.15) is 0 Å². The first-order chi connectivity index (χ1) is 13.0. The fourth-order valence-corrected chi connectivity index (χ4v) is 6.60. The number of hydrogen-bond acceptors (Lipinski definition) is 3. The van der Waals surface area contributed by atoms with E-state index in [1.807, 2.05) is 24.0 Å². The first kappa shape index (κ1) is 17.2. The average molecular weight is 367 g/mol. The molecule has 6 rings (SSSR count). The smallest absolute Gasteiger partial charge is 0.255 e. The summed E-state index contributed by atoms with van der Waals surface area (Å²) in [5.41, 5.74) is 1.49. The molecule has 4 bridgehead atoms. The van der Waals surface area contributed by atoms with Crippen molar-refractivity contribution in [2.45, 2.75) is 45.4 Å². The second-order valence-electron chi connectivity index (χ2n) is 9.47. The zero-order valence-electron chi connectivity index (χ0n) is 16.2. The molecule has 27 heavy (non-hydrogen) atoms. The van der Waals surface area contributed by atoms with Crippen LogP contribution >= 0.6 is 0 Å². The summed E-state index contributed by atoms with van der Waals surface area (Å²) in [5.74, 6) is 2.79. The van der Waals surface area contributed by atoms with Crippen molar-refractivity contribution >= 4 is 11.8 Å². The van der Waals surface area contributed by atoms with Gasteiger partial charge in [-0.1, -0.05) is 0 Å². The van der Waals surface area contributed by atoms with Gasteiger partial charge in [0.05, 0.1) is 11.0 Å². The van der Waals surface area contributed by atoms with E-state index in [-0.39, 0.29) is 11.3 Å². The summed E-state index contributed by atoms with van der Waals surface area (Å²) in [6.07, 6.45) is 9.09. The second-order valence-corrected chi connectivity index (χ2v) is 9.47. The van der Waals surface area contributed by atoms with Gasteiger partial charge < -0.3 is 9.80 Å². The molecule has 0 aromatic carbocycles. The maximum atomic E-state index is 13.4. The molecular weight excluding hydrogens is 338 g/mol. The van der Waals surface area contributed by atoms with Gasteiger partial charge in [0.2, 0.25) is 5.91 Å². The van der Waals surface area contributed by atoms with E-state index in [1.165, 1.54) is 19.3 Å². The maximum Gasteiger partial charge on any atom is 0.255 e. The van der Waals surface area contributed by atoms with Gasteiger partial charge in [-0.15, -0.1) is 0 Å². The van der Waals surface area contributed by atoms with Crippen molar-refractivity contribution in [3.63, 3.8) is 0 Å². The molecule has 1 aliphatic heterocycles. The number of hydrogen-bond donors (Lipinski definition) is 0. The minimum atomic E-state index is -0.0677. The maximum absolute atomic E-state index is 13.4. The van der Waals surface area contributed by atoms with E-state index < -0.39 is 0 Å². The van der Waals surface area contributed by atoms with Gasteiger partial charge in [-0.05, 0) is 75.3 Å². The summed E-state index contributed by atoms with van der Waals surface area (Å²) >= 11 is 0. The molecule has 1 aromatic rings. The molecule has 0 unspecified atom stereocenters. The Labute approximate surface area is 161 Å². The van der Waals surface area contributed by atoms with Crippen LogP contribution in [0.2, 0.25) is 0 Å². The van der Waals surface area contributed by atoms with Crippen LogP contribution in [0.15, 0.2) is 18.3 Å². The number of carbonyl (C=O) groups excluding carboxylic acids is 2. The van der Waals surface area contributed by atoms with Crippen LogP contribution in [0.3, 0.4) is 0 Å². The van der Waals surface area contributed by atoms with Gasteiger partial charge in [0, 0.05) is 38.1 Å². The summed E-state index contributed by atoms with van der Waals surface area (Å²) in [5, 5.41) is 0. The molecule has 4 aliphatic carbocycles. The number of piperazine rings is 1. The van der Waals surface area contributed by atoms with E-state index in [9.17, 15) is 9.59 Å². The predicted molar refractivity (Wildman–Crippen MR) is 102 cm³/mol. The molecule has 5 heteroatoms. The van der Waals surface area contributed by atoms with E-state index in [4.69, 9.17) is 0 Å². The molecule has 1 saturated heterocycles. The van der Waals surface area contributed by atoms with Crippen molar-refractivity contribution in [2.24, 2.45) is 23.2 Å². The molecule has 1 aromatic heterocycles. The molecule has 2 amide bonds. The molecule has 4 saturated carbocycles. The monoisotopic (exact) mass is 367 g/mol. The highest BCUT2D eigenvalue weighted by atomic mass is 16.2. The minimum Gasteiger partial charge on any atom is -0.339 e. The van der Waals surface area contributed by atoms with E-state index in [0.717, 1.165) is 42.7 Å². The molecular formula is C22H29N3O2. The quantitative estimate of drug-likeness (QED) is 0.808.